The van der Waals surface area contributed by atoms with Gasteiger partial charge in [0.2, 0.25) is 0 Å². The van der Waals surface area contributed by atoms with Crippen molar-refractivity contribution < 1.29 is 4.74 Å². The molecule has 3 aliphatic heterocycles. The molecule has 0 saturated carbocycles. The van der Waals surface area contributed by atoms with E-state index < -0.39 is 0 Å². The molecule has 3 fully saturated rings. The zero-order valence-electron chi connectivity index (χ0n) is 19.4. The Morgan fingerprint density at radius 3 is 2.81 bits per heavy atom. The minimum absolute atomic E-state index is 0.266. The molecule has 7 heteroatoms. The van der Waals surface area contributed by atoms with E-state index in [1.165, 1.54) is 25.1 Å². The number of fused-ring (bicyclic) bond motifs is 1. The van der Waals surface area contributed by atoms with Crippen molar-refractivity contribution in [1.82, 2.24) is 24.9 Å². The lowest BCUT2D eigenvalue weighted by Gasteiger charge is -2.36. The smallest absolute Gasteiger partial charge is 0.194 e. The third kappa shape index (κ3) is 6.19. The first-order valence-corrected chi connectivity index (χ1v) is 12.1. The van der Waals surface area contributed by atoms with Gasteiger partial charge in [0.15, 0.2) is 5.96 Å². The molecule has 7 nitrogen and oxygen atoms in total. The first-order chi connectivity index (χ1) is 15.2. The third-order valence-electron chi connectivity index (χ3n) is 6.77. The fourth-order valence-electron chi connectivity index (χ4n) is 4.99. The standard InChI is InChI=1S/C24H40N6O/c1-3-25-24(26-10-13-28-12-7-11-27(2)14-15-28)30-19-22-23(20-30)31-17-16-29(22)18-21-8-5-4-6-9-21/h4-6,8-9,22-23H,3,7,10-20H2,1-2H3,(H,25,26). The summed E-state index contributed by atoms with van der Waals surface area (Å²) < 4.78 is 6.17. The highest BCUT2D eigenvalue weighted by molar-refractivity contribution is 5.80. The Balaban J connectivity index is 1.34. The van der Waals surface area contributed by atoms with Crippen LogP contribution in [-0.4, -0.2) is 117 Å². The summed E-state index contributed by atoms with van der Waals surface area (Å²) in [6, 6.07) is 11.2. The van der Waals surface area contributed by atoms with Gasteiger partial charge in [0.25, 0.3) is 0 Å². The van der Waals surface area contributed by atoms with Gasteiger partial charge in [-0.25, -0.2) is 0 Å². The Hall–Kier alpha value is -1.67. The maximum absolute atomic E-state index is 6.17. The molecule has 2 atom stereocenters. The van der Waals surface area contributed by atoms with Crippen molar-refractivity contribution in [3.8, 4) is 0 Å². The number of hydrogen-bond acceptors (Lipinski definition) is 5. The molecule has 0 amide bonds. The Labute approximate surface area is 188 Å². The van der Waals surface area contributed by atoms with Gasteiger partial charge in [-0.2, -0.15) is 0 Å². The monoisotopic (exact) mass is 428 g/mol. The van der Waals surface area contributed by atoms with E-state index in [0.717, 1.165) is 71.5 Å². The van der Waals surface area contributed by atoms with Gasteiger partial charge in [-0.3, -0.25) is 9.89 Å². The van der Waals surface area contributed by atoms with Crippen LogP contribution in [0.15, 0.2) is 35.3 Å². The van der Waals surface area contributed by atoms with Gasteiger partial charge in [0, 0.05) is 52.4 Å². The Bertz CT molecular complexity index is 699. The molecule has 0 aromatic heterocycles. The number of guanidine groups is 1. The molecule has 0 spiro atoms. The molecule has 1 aromatic carbocycles. The molecule has 1 aromatic rings. The zero-order chi connectivity index (χ0) is 21.5. The van der Waals surface area contributed by atoms with E-state index in [4.69, 9.17) is 9.73 Å². The van der Waals surface area contributed by atoms with Crippen molar-refractivity contribution in [2.75, 3.05) is 79.1 Å². The molecule has 1 N–H and O–H groups in total. The number of likely N-dealkylation sites (tertiary alicyclic amines) is 1. The SMILES string of the molecule is CCNC(=NCCN1CCCN(C)CC1)N1CC2OCCN(Cc3ccccc3)C2C1. The number of benzene rings is 1. The highest BCUT2D eigenvalue weighted by Gasteiger charge is 2.41. The Morgan fingerprint density at radius 2 is 1.97 bits per heavy atom. The van der Waals surface area contributed by atoms with Gasteiger partial charge < -0.3 is 24.8 Å². The van der Waals surface area contributed by atoms with E-state index in [1.807, 2.05) is 0 Å². The van der Waals surface area contributed by atoms with Crippen molar-refractivity contribution in [2.24, 2.45) is 4.99 Å². The molecule has 0 radical (unpaired) electrons. The quantitative estimate of drug-likeness (QED) is 0.542. The lowest BCUT2D eigenvalue weighted by atomic mass is 10.1. The normalized spacial score (nSPS) is 26.6. The number of ether oxygens (including phenoxy) is 1. The summed E-state index contributed by atoms with van der Waals surface area (Å²) in [4.78, 5) is 15.0. The Kier molecular flexibility index (Phi) is 8.19. The van der Waals surface area contributed by atoms with Crippen LogP contribution in [0.25, 0.3) is 0 Å². The van der Waals surface area contributed by atoms with Crippen molar-refractivity contribution in [3.05, 3.63) is 35.9 Å². The minimum Gasteiger partial charge on any atom is -0.373 e. The highest BCUT2D eigenvalue weighted by atomic mass is 16.5. The van der Waals surface area contributed by atoms with E-state index in [-0.39, 0.29) is 6.10 Å². The van der Waals surface area contributed by atoms with Gasteiger partial charge in [-0.05, 0) is 39.0 Å². The second kappa shape index (κ2) is 11.3. The van der Waals surface area contributed by atoms with Crippen LogP contribution in [0, 0.1) is 0 Å². The van der Waals surface area contributed by atoms with E-state index >= 15 is 0 Å². The van der Waals surface area contributed by atoms with E-state index in [1.54, 1.807) is 0 Å². The maximum atomic E-state index is 6.17. The maximum Gasteiger partial charge on any atom is 0.194 e. The summed E-state index contributed by atoms with van der Waals surface area (Å²) in [5, 5.41) is 3.53. The van der Waals surface area contributed by atoms with Crippen LogP contribution in [0.2, 0.25) is 0 Å². The van der Waals surface area contributed by atoms with Gasteiger partial charge in [0.1, 0.15) is 0 Å². The molecule has 0 bridgehead atoms. The summed E-state index contributed by atoms with van der Waals surface area (Å²) in [7, 11) is 2.22. The Morgan fingerprint density at radius 1 is 1.10 bits per heavy atom. The lowest BCUT2D eigenvalue weighted by molar-refractivity contribution is -0.0502. The molecule has 3 heterocycles. The van der Waals surface area contributed by atoms with Crippen molar-refractivity contribution >= 4 is 5.96 Å². The number of morpholine rings is 1. The lowest BCUT2D eigenvalue weighted by Crippen LogP contribution is -2.50. The van der Waals surface area contributed by atoms with Crippen LogP contribution >= 0.6 is 0 Å². The average Bonchev–Trinajstić information content (AvgIpc) is 3.12. The van der Waals surface area contributed by atoms with Crippen LogP contribution in [0.1, 0.15) is 18.9 Å². The molecule has 2 unspecified atom stereocenters. The fraction of sp³-hybridized carbons (Fsp3) is 0.708. The summed E-state index contributed by atoms with van der Waals surface area (Å²) in [6.45, 7) is 14.4. The molecule has 3 aliphatic rings. The molecule has 0 aliphatic carbocycles. The van der Waals surface area contributed by atoms with Crippen LogP contribution < -0.4 is 5.32 Å². The number of nitrogens with zero attached hydrogens (tertiary/aromatic N) is 5. The number of hydrogen-bond donors (Lipinski definition) is 1. The fourth-order valence-corrected chi connectivity index (χ4v) is 4.99. The predicted molar refractivity (Wildman–Crippen MR) is 126 cm³/mol. The van der Waals surface area contributed by atoms with Crippen LogP contribution in [0.3, 0.4) is 0 Å². The average molecular weight is 429 g/mol. The van der Waals surface area contributed by atoms with Gasteiger partial charge in [-0.1, -0.05) is 30.3 Å². The van der Waals surface area contributed by atoms with Crippen LogP contribution in [0.5, 0.6) is 0 Å². The number of aliphatic imine (C=N–C) groups is 1. The van der Waals surface area contributed by atoms with Crippen LogP contribution in [-0.2, 0) is 11.3 Å². The first-order valence-electron chi connectivity index (χ1n) is 12.1. The van der Waals surface area contributed by atoms with E-state index in [0.29, 0.717) is 6.04 Å². The number of nitrogens with one attached hydrogen (secondary N) is 1. The minimum atomic E-state index is 0.266. The molecular formula is C24H40N6O. The second-order valence-electron chi connectivity index (χ2n) is 9.07. The molecule has 172 valence electrons. The van der Waals surface area contributed by atoms with Crippen molar-refractivity contribution in [2.45, 2.75) is 32.0 Å². The molecule has 4 rings (SSSR count). The van der Waals surface area contributed by atoms with Crippen molar-refractivity contribution in [3.63, 3.8) is 0 Å². The van der Waals surface area contributed by atoms with Crippen LogP contribution in [0.4, 0.5) is 0 Å². The summed E-state index contributed by atoms with van der Waals surface area (Å²) in [5.74, 6) is 1.05. The van der Waals surface area contributed by atoms with Crippen molar-refractivity contribution in [1.29, 1.82) is 0 Å². The molecule has 31 heavy (non-hydrogen) atoms. The van der Waals surface area contributed by atoms with Gasteiger partial charge in [-0.15, -0.1) is 0 Å². The zero-order valence-corrected chi connectivity index (χ0v) is 19.4. The van der Waals surface area contributed by atoms with E-state index in [9.17, 15) is 0 Å². The first kappa shape index (κ1) is 22.5. The molecule has 3 saturated heterocycles. The predicted octanol–water partition coefficient (Wildman–Crippen LogP) is 1.17. The van der Waals surface area contributed by atoms with Gasteiger partial charge >= 0.3 is 0 Å². The number of rotatable bonds is 6. The number of likely N-dealkylation sites (N-methyl/N-ethyl adjacent to an activating group) is 1. The highest BCUT2D eigenvalue weighted by Crippen LogP contribution is 2.24. The van der Waals surface area contributed by atoms with Gasteiger partial charge in [0.05, 0.1) is 25.3 Å². The van der Waals surface area contributed by atoms with E-state index in [2.05, 4.69) is 69.2 Å². The molecular weight excluding hydrogens is 388 g/mol. The second-order valence-corrected chi connectivity index (χ2v) is 9.07. The largest absolute Gasteiger partial charge is 0.373 e. The summed E-state index contributed by atoms with van der Waals surface area (Å²) in [5.41, 5.74) is 1.38. The third-order valence-corrected chi connectivity index (χ3v) is 6.77. The summed E-state index contributed by atoms with van der Waals surface area (Å²) >= 11 is 0. The summed E-state index contributed by atoms with van der Waals surface area (Å²) in [6.07, 6.45) is 1.52. The topological polar surface area (TPSA) is 46.6 Å².